The van der Waals surface area contributed by atoms with Gasteiger partial charge in [0.15, 0.2) is 6.29 Å². The summed E-state index contributed by atoms with van der Waals surface area (Å²) in [7, 11) is 0. The van der Waals surface area contributed by atoms with Crippen molar-refractivity contribution in [3.05, 3.63) is 0 Å². The van der Waals surface area contributed by atoms with Gasteiger partial charge in [0.1, 0.15) is 0 Å². The van der Waals surface area contributed by atoms with Crippen LogP contribution < -0.4 is 0 Å². The molecule has 2 heteroatoms. The standard InChI is InChI=1S/C17H32O2/c1-6-14(3)17(5)11-18-15(19-12-17)16(4)9-7-8-13(2)10-16/h13-15H,6-12H2,1-5H3. The fraction of sp³-hybridized carbons (Fsp3) is 1.00. The number of hydrogen-bond donors (Lipinski definition) is 0. The van der Waals surface area contributed by atoms with Gasteiger partial charge in [-0.25, -0.2) is 0 Å². The molecule has 2 rings (SSSR count). The second kappa shape index (κ2) is 5.73. The lowest BCUT2D eigenvalue weighted by atomic mass is 9.70. The summed E-state index contributed by atoms with van der Waals surface area (Å²) < 4.78 is 12.4. The van der Waals surface area contributed by atoms with Gasteiger partial charge >= 0.3 is 0 Å². The van der Waals surface area contributed by atoms with Crippen LogP contribution in [0.4, 0.5) is 0 Å². The molecule has 2 nitrogen and oxygen atoms in total. The van der Waals surface area contributed by atoms with E-state index >= 15 is 0 Å². The highest BCUT2D eigenvalue weighted by Gasteiger charge is 2.45. The van der Waals surface area contributed by atoms with Crippen LogP contribution in [0.1, 0.15) is 66.7 Å². The van der Waals surface area contributed by atoms with E-state index in [1.165, 1.54) is 32.1 Å². The summed E-state index contributed by atoms with van der Waals surface area (Å²) in [5, 5.41) is 0. The number of rotatable bonds is 3. The van der Waals surface area contributed by atoms with E-state index in [1.54, 1.807) is 0 Å². The Balaban J connectivity index is 1.96. The Kier molecular flexibility index (Phi) is 4.62. The highest BCUT2D eigenvalue weighted by molar-refractivity contribution is 4.89. The lowest BCUT2D eigenvalue weighted by Crippen LogP contribution is -2.50. The van der Waals surface area contributed by atoms with Gasteiger partial charge < -0.3 is 9.47 Å². The second-order valence-electron chi connectivity index (χ2n) is 7.77. The lowest BCUT2D eigenvalue weighted by Gasteiger charge is -2.48. The predicted octanol–water partition coefficient (Wildman–Crippen LogP) is 4.63. The van der Waals surface area contributed by atoms with Crippen molar-refractivity contribution < 1.29 is 9.47 Å². The molecule has 0 N–H and O–H groups in total. The molecule has 1 aliphatic carbocycles. The molecule has 3 atom stereocenters. The molecule has 1 saturated heterocycles. The van der Waals surface area contributed by atoms with Crippen LogP contribution in [-0.4, -0.2) is 19.5 Å². The molecule has 1 saturated carbocycles. The molecule has 1 aliphatic heterocycles. The van der Waals surface area contributed by atoms with E-state index in [4.69, 9.17) is 9.47 Å². The van der Waals surface area contributed by atoms with Gasteiger partial charge in [0.05, 0.1) is 13.2 Å². The van der Waals surface area contributed by atoms with Crippen molar-refractivity contribution in [2.75, 3.05) is 13.2 Å². The third-order valence-electron chi connectivity index (χ3n) is 5.76. The fourth-order valence-corrected chi connectivity index (χ4v) is 3.87. The Bertz CT molecular complexity index is 294. The topological polar surface area (TPSA) is 18.5 Å². The smallest absolute Gasteiger partial charge is 0.162 e. The maximum Gasteiger partial charge on any atom is 0.162 e. The van der Waals surface area contributed by atoms with E-state index in [0.29, 0.717) is 5.92 Å². The first-order valence-electron chi connectivity index (χ1n) is 8.13. The largest absolute Gasteiger partial charge is 0.351 e. The summed E-state index contributed by atoms with van der Waals surface area (Å²) in [6.45, 7) is 13.3. The maximum absolute atomic E-state index is 6.19. The molecule has 0 aromatic carbocycles. The van der Waals surface area contributed by atoms with E-state index in [9.17, 15) is 0 Å². The minimum Gasteiger partial charge on any atom is -0.351 e. The zero-order chi connectivity index (χ0) is 14.1. The SMILES string of the molecule is CCC(C)C1(C)COC(C2(C)CCCC(C)C2)OC1. The third kappa shape index (κ3) is 3.16. The summed E-state index contributed by atoms with van der Waals surface area (Å²) in [6.07, 6.45) is 6.41. The first-order chi connectivity index (χ1) is 8.89. The van der Waals surface area contributed by atoms with Gasteiger partial charge in [-0.05, 0) is 24.7 Å². The molecule has 2 aliphatic rings. The molecule has 0 aromatic heterocycles. The van der Waals surface area contributed by atoms with Crippen molar-refractivity contribution in [2.24, 2.45) is 22.7 Å². The predicted molar refractivity (Wildman–Crippen MR) is 79.0 cm³/mol. The van der Waals surface area contributed by atoms with Crippen LogP contribution >= 0.6 is 0 Å². The highest BCUT2D eigenvalue weighted by Crippen LogP contribution is 2.46. The van der Waals surface area contributed by atoms with E-state index in [2.05, 4.69) is 34.6 Å². The zero-order valence-electron chi connectivity index (χ0n) is 13.5. The van der Waals surface area contributed by atoms with Gasteiger partial charge in [-0.3, -0.25) is 0 Å². The first kappa shape index (κ1) is 15.3. The number of ether oxygens (including phenoxy) is 2. The van der Waals surface area contributed by atoms with E-state index in [1.807, 2.05) is 0 Å². The van der Waals surface area contributed by atoms with Gasteiger partial charge in [-0.15, -0.1) is 0 Å². The monoisotopic (exact) mass is 268 g/mol. The van der Waals surface area contributed by atoms with Crippen molar-refractivity contribution in [1.82, 2.24) is 0 Å². The first-order valence-corrected chi connectivity index (χ1v) is 8.13. The van der Waals surface area contributed by atoms with Gasteiger partial charge in [-0.1, -0.05) is 53.9 Å². The molecule has 19 heavy (non-hydrogen) atoms. The molecule has 2 fully saturated rings. The van der Waals surface area contributed by atoms with Gasteiger partial charge in [0, 0.05) is 10.8 Å². The fourth-order valence-electron chi connectivity index (χ4n) is 3.87. The molecule has 112 valence electrons. The Morgan fingerprint density at radius 1 is 1.21 bits per heavy atom. The van der Waals surface area contributed by atoms with Crippen LogP contribution in [-0.2, 0) is 9.47 Å². The normalized spacial score (nSPS) is 45.9. The van der Waals surface area contributed by atoms with Crippen LogP contribution in [0.2, 0.25) is 0 Å². The summed E-state index contributed by atoms with van der Waals surface area (Å²) in [5.74, 6) is 1.47. The molecule has 0 aromatic rings. The Morgan fingerprint density at radius 2 is 1.84 bits per heavy atom. The van der Waals surface area contributed by atoms with Crippen molar-refractivity contribution in [3.8, 4) is 0 Å². The summed E-state index contributed by atoms with van der Waals surface area (Å²) in [5.41, 5.74) is 0.427. The molecular weight excluding hydrogens is 236 g/mol. The lowest BCUT2D eigenvalue weighted by molar-refractivity contribution is -0.283. The molecule has 0 amide bonds. The summed E-state index contributed by atoms with van der Waals surface area (Å²) >= 11 is 0. The van der Waals surface area contributed by atoms with Crippen molar-refractivity contribution in [2.45, 2.75) is 73.0 Å². The average Bonchev–Trinajstić information content (AvgIpc) is 2.38. The number of hydrogen-bond acceptors (Lipinski definition) is 2. The van der Waals surface area contributed by atoms with E-state index in [0.717, 1.165) is 19.1 Å². The van der Waals surface area contributed by atoms with Gasteiger partial charge in [0.2, 0.25) is 0 Å². The Hall–Kier alpha value is -0.0800. The molecule has 0 bridgehead atoms. The maximum atomic E-state index is 6.19. The average molecular weight is 268 g/mol. The molecule has 1 heterocycles. The van der Waals surface area contributed by atoms with Gasteiger partial charge in [-0.2, -0.15) is 0 Å². The molecule has 0 radical (unpaired) electrons. The van der Waals surface area contributed by atoms with Crippen LogP contribution in [0.3, 0.4) is 0 Å². The quantitative estimate of drug-likeness (QED) is 0.743. The Labute approximate surface area is 119 Å². The molecule has 3 unspecified atom stereocenters. The highest BCUT2D eigenvalue weighted by atomic mass is 16.7. The van der Waals surface area contributed by atoms with Gasteiger partial charge in [0.25, 0.3) is 0 Å². The Morgan fingerprint density at radius 3 is 2.37 bits per heavy atom. The van der Waals surface area contributed by atoms with Crippen LogP contribution in [0.5, 0.6) is 0 Å². The summed E-state index contributed by atoms with van der Waals surface area (Å²) in [6, 6.07) is 0. The second-order valence-corrected chi connectivity index (χ2v) is 7.77. The van der Waals surface area contributed by atoms with Crippen molar-refractivity contribution in [1.29, 1.82) is 0 Å². The molecular formula is C17H32O2. The molecule has 0 spiro atoms. The van der Waals surface area contributed by atoms with Crippen LogP contribution in [0.15, 0.2) is 0 Å². The van der Waals surface area contributed by atoms with Crippen molar-refractivity contribution in [3.63, 3.8) is 0 Å². The van der Waals surface area contributed by atoms with E-state index in [-0.39, 0.29) is 17.1 Å². The van der Waals surface area contributed by atoms with Crippen molar-refractivity contribution >= 4 is 0 Å². The summed E-state index contributed by atoms with van der Waals surface area (Å²) in [4.78, 5) is 0. The minimum absolute atomic E-state index is 0.0207. The third-order valence-corrected chi connectivity index (χ3v) is 5.76. The van der Waals surface area contributed by atoms with Crippen LogP contribution in [0.25, 0.3) is 0 Å². The zero-order valence-corrected chi connectivity index (χ0v) is 13.5. The van der Waals surface area contributed by atoms with Crippen LogP contribution in [0, 0.1) is 22.7 Å². The minimum atomic E-state index is 0.0207. The van der Waals surface area contributed by atoms with E-state index < -0.39 is 0 Å².